The Morgan fingerprint density at radius 2 is 1.79 bits per heavy atom. The Kier molecular flexibility index (Phi) is 6.21. The smallest absolute Gasteiger partial charge is 0.305 e. The van der Waals surface area contributed by atoms with Crippen LogP contribution in [0.1, 0.15) is 24.0 Å². The summed E-state index contributed by atoms with van der Waals surface area (Å²) in [4.78, 5) is 11.3. The maximum atomic E-state index is 11.3. The molecule has 0 aliphatic carbocycles. The number of methoxy groups -OCH3 is 1. The van der Waals surface area contributed by atoms with Crippen LogP contribution in [0.4, 0.5) is 0 Å². The first kappa shape index (κ1) is 17.8. The summed E-state index contributed by atoms with van der Waals surface area (Å²) in [5, 5.41) is 29.0. The van der Waals surface area contributed by atoms with Gasteiger partial charge in [0.15, 0.2) is 0 Å². The van der Waals surface area contributed by atoms with Crippen LogP contribution in [0.5, 0.6) is 11.5 Å². The van der Waals surface area contributed by atoms with E-state index in [0.29, 0.717) is 24.8 Å². The molecule has 0 bridgehead atoms. The lowest BCUT2D eigenvalue weighted by molar-refractivity contribution is -0.140. The number of ether oxygens (including phenoxy) is 1. The van der Waals surface area contributed by atoms with E-state index in [1.807, 2.05) is 12.1 Å². The number of aryl methyl sites for hydroxylation is 2. The molecule has 0 unspecified atom stereocenters. The van der Waals surface area contributed by atoms with Gasteiger partial charge in [-0.2, -0.15) is 0 Å². The normalized spacial score (nSPS) is 10.6. The Morgan fingerprint density at radius 1 is 1.04 bits per heavy atom. The zero-order valence-electron chi connectivity index (χ0n) is 13.7. The molecule has 0 atom stereocenters. The molecule has 0 spiro atoms. The Bertz CT molecular complexity index is 709. The minimum Gasteiger partial charge on any atom is -0.508 e. The third kappa shape index (κ3) is 4.49. The molecule has 5 nitrogen and oxygen atoms in total. The molecule has 0 heterocycles. The van der Waals surface area contributed by atoms with Crippen molar-refractivity contribution in [3.05, 3.63) is 47.5 Å². The highest BCUT2D eigenvalue weighted by atomic mass is 16.5. The van der Waals surface area contributed by atoms with E-state index in [-0.39, 0.29) is 30.5 Å². The number of phenols is 2. The van der Waals surface area contributed by atoms with Crippen molar-refractivity contribution < 1.29 is 24.9 Å². The molecule has 0 saturated carbocycles. The summed E-state index contributed by atoms with van der Waals surface area (Å²) in [5.41, 5.74) is 3.06. The number of phenolic OH excluding ortho intramolecular Hbond substituents is 2. The van der Waals surface area contributed by atoms with Crippen LogP contribution >= 0.6 is 0 Å². The van der Waals surface area contributed by atoms with E-state index in [2.05, 4.69) is 4.74 Å². The number of carbonyl (C=O) groups is 1. The lowest BCUT2D eigenvalue weighted by atomic mass is 9.97. The molecule has 5 heteroatoms. The molecule has 2 aromatic carbocycles. The van der Waals surface area contributed by atoms with Crippen molar-refractivity contribution in [1.29, 1.82) is 0 Å². The molecule has 0 amide bonds. The minimum atomic E-state index is -0.277. The standard InChI is InChI=1S/C19H22O5/c1-24-19(23)9-5-13-4-7-18(22)16(11-13)14-6-8-17(21)15(12-14)3-2-10-20/h4,6-8,11-12,20-22H,2-3,5,9-10H2,1H3. The maximum absolute atomic E-state index is 11.3. The van der Waals surface area contributed by atoms with Gasteiger partial charge >= 0.3 is 5.97 Å². The number of carbonyl (C=O) groups excluding carboxylic acids is 1. The van der Waals surface area contributed by atoms with Crippen molar-refractivity contribution in [1.82, 2.24) is 0 Å². The fourth-order valence-corrected chi connectivity index (χ4v) is 2.54. The maximum Gasteiger partial charge on any atom is 0.305 e. The van der Waals surface area contributed by atoms with E-state index in [9.17, 15) is 15.0 Å². The number of benzene rings is 2. The summed E-state index contributed by atoms with van der Waals surface area (Å²) in [6, 6.07) is 10.3. The molecule has 2 aromatic rings. The van der Waals surface area contributed by atoms with Gasteiger partial charge in [0.2, 0.25) is 0 Å². The predicted molar refractivity (Wildman–Crippen MR) is 91.0 cm³/mol. The second kappa shape index (κ2) is 8.36. The SMILES string of the molecule is COC(=O)CCc1ccc(O)c(-c2ccc(O)c(CCCO)c2)c1. The van der Waals surface area contributed by atoms with Crippen molar-refractivity contribution in [3.63, 3.8) is 0 Å². The zero-order chi connectivity index (χ0) is 17.5. The van der Waals surface area contributed by atoms with Crippen LogP contribution in [0.15, 0.2) is 36.4 Å². The molecular weight excluding hydrogens is 308 g/mol. The second-order valence-electron chi connectivity index (χ2n) is 5.60. The van der Waals surface area contributed by atoms with Crippen LogP contribution in [0.3, 0.4) is 0 Å². The molecule has 24 heavy (non-hydrogen) atoms. The van der Waals surface area contributed by atoms with Gasteiger partial charge in [-0.1, -0.05) is 12.1 Å². The summed E-state index contributed by atoms with van der Waals surface area (Å²) in [6.07, 6.45) is 1.91. The van der Waals surface area contributed by atoms with Gasteiger partial charge in [-0.05, 0) is 60.2 Å². The number of hydrogen-bond acceptors (Lipinski definition) is 5. The van der Waals surface area contributed by atoms with E-state index >= 15 is 0 Å². The average molecular weight is 330 g/mol. The highest BCUT2D eigenvalue weighted by Gasteiger charge is 2.10. The largest absolute Gasteiger partial charge is 0.508 e. The first-order valence-corrected chi connectivity index (χ1v) is 7.87. The topological polar surface area (TPSA) is 87.0 Å². The molecule has 0 aromatic heterocycles. The quantitative estimate of drug-likeness (QED) is 0.680. The van der Waals surface area contributed by atoms with Gasteiger partial charge in [-0.3, -0.25) is 4.79 Å². The molecule has 128 valence electrons. The Morgan fingerprint density at radius 3 is 2.50 bits per heavy atom. The van der Waals surface area contributed by atoms with E-state index in [0.717, 1.165) is 16.7 Å². The molecule has 0 aliphatic heterocycles. The van der Waals surface area contributed by atoms with Gasteiger partial charge in [0.1, 0.15) is 11.5 Å². The molecule has 3 N–H and O–H groups in total. The van der Waals surface area contributed by atoms with Gasteiger partial charge in [-0.15, -0.1) is 0 Å². The van der Waals surface area contributed by atoms with E-state index < -0.39 is 0 Å². The third-order valence-electron chi connectivity index (χ3n) is 3.90. The van der Waals surface area contributed by atoms with E-state index in [4.69, 9.17) is 5.11 Å². The molecule has 0 fully saturated rings. The third-order valence-corrected chi connectivity index (χ3v) is 3.90. The van der Waals surface area contributed by atoms with Gasteiger partial charge in [-0.25, -0.2) is 0 Å². The Hall–Kier alpha value is -2.53. The summed E-state index contributed by atoms with van der Waals surface area (Å²) in [6.45, 7) is 0.0535. The number of aliphatic hydroxyl groups excluding tert-OH is 1. The van der Waals surface area contributed by atoms with Gasteiger partial charge in [0.25, 0.3) is 0 Å². The zero-order valence-corrected chi connectivity index (χ0v) is 13.7. The van der Waals surface area contributed by atoms with Crippen molar-refractivity contribution in [2.45, 2.75) is 25.7 Å². The highest BCUT2D eigenvalue weighted by molar-refractivity contribution is 5.73. The van der Waals surface area contributed by atoms with Crippen molar-refractivity contribution in [2.75, 3.05) is 13.7 Å². The first-order chi connectivity index (χ1) is 11.5. The van der Waals surface area contributed by atoms with Gasteiger partial charge in [0, 0.05) is 18.6 Å². The summed E-state index contributed by atoms with van der Waals surface area (Å²) in [7, 11) is 1.36. The molecular formula is C19H22O5. The van der Waals surface area contributed by atoms with Crippen LogP contribution in [-0.2, 0) is 22.4 Å². The number of esters is 1. The fourth-order valence-electron chi connectivity index (χ4n) is 2.54. The number of rotatable bonds is 7. The number of aromatic hydroxyl groups is 2. The fraction of sp³-hybridized carbons (Fsp3) is 0.316. The van der Waals surface area contributed by atoms with E-state index in [1.54, 1.807) is 24.3 Å². The number of aliphatic hydroxyl groups is 1. The molecule has 0 radical (unpaired) electrons. The van der Waals surface area contributed by atoms with Gasteiger partial charge < -0.3 is 20.1 Å². The average Bonchev–Trinajstić information content (AvgIpc) is 2.60. The predicted octanol–water partition coefficient (Wildman–Crippen LogP) is 2.80. The second-order valence-corrected chi connectivity index (χ2v) is 5.60. The minimum absolute atomic E-state index is 0.0535. The molecule has 2 rings (SSSR count). The molecule has 0 saturated heterocycles. The Balaban J connectivity index is 2.28. The van der Waals surface area contributed by atoms with Crippen LogP contribution in [-0.4, -0.2) is 35.0 Å². The summed E-state index contributed by atoms with van der Waals surface area (Å²) >= 11 is 0. The van der Waals surface area contributed by atoms with Crippen molar-refractivity contribution >= 4 is 5.97 Å². The summed E-state index contributed by atoms with van der Waals surface area (Å²) in [5.74, 6) is 0.0321. The number of hydrogen-bond donors (Lipinski definition) is 3. The summed E-state index contributed by atoms with van der Waals surface area (Å²) < 4.78 is 4.64. The van der Waals surface area contributed by atoms with Crippen molar-refractivity contribution in [3.8, 4) is 22.6 Å². The Labute approximate surface area is 141 Å². The first-order valence-electron chi connectivity index (χ1n) is 7.87. The monoisotopic (exact) mass is 330 g/mol. The van der Waals surface area contributed by atoms with Crippen LogP contribution in [0.25, 0.3) is 11.1 Å². The van der Waals surface area contributed by atoms with Crippen LogP contribution in [0, 0.1) is 0 Å². The van der Waals surface area contributed by atoms with E-state index in [1.165, 1.54) is 7.11 Å². The lowest BCUT2D eigenvalue weighted by Gasteiger charge is -2.11. The van der Waals surface area contributed by atoms with Crippen LogP contribution < -0.4 is 0 Å². The van der Waals surface area contributed by atoms with Crippen molar-refractivity contribution in [2.24, 2.45) is 0 Å². The molecule has 0 aliphatic rings. The van der Waals surface area contributed by atoms with Gasteiger partial charge in [0.05, 0.1) is 7.11 Å². The lowest BCUT2D eigenvalue weighted by Crippen LogP contribution is -2.01. The van der Waals surface area contributed by atoms with Crippen LogP contribution in [0.2, 0.25) is 0 Å². The highest BCUT2D eigenvalue weighted by Crippen LogP contribution is 2.33.